The molecule has 6 nitrogen and oxygen atoms in total. The highest BCUT2D eigenvalue weighted by atomic mass is 16.5. The van der Waals surface area contributed by atoms with E-state index in [1.54, 1.807) is 0 Å². The van der Waals surface area contributed by atoms with Crippen LogP contribution in [-0.2, 0) is 4.74 Å². The van der Waals surface area contributed by atoms with Crippen molar-refractivity contribution in [2.45, 2.75) is 12.8 Å². The minimum Gasteiger partial charge on any atom is -0.478 e. The number of hydrogen-bond acceptors (Lipinski definition) is 5. The zero-order valence-corrected chi connectivity index (χ0v) is 9.93. The molecule has 0 atom stereocenters. The molecule has 0 saturated heterocycles. The minimum absolute atomic E-state index is 0.0905. The summed E-state index contributed by atoms with van der Waals surface area (Å²) in [5.74, 6) is -0.568. The molecule has 2 N–H and O–H groups in total. The fourth-order valence-corrected chi connectivity index (χ4v) is 1.66. The second-order valence-corrected chi connectivity index (χ2v) is 3.96. The second-order valence-electron chi connectivity index (χ2n) is 3.96. The van der Waals surface area contributed by atoms with Crippen LogP contribution >= 0.6 is 0 Å². The summed E-state index contributed by atoms with van der Waals surface area (Å²) in [6, 6.07) is 0. The number of carbonyl (C=O) groups is 1. The molecule has 2 rings (SSSR count). The van der Waals surface area contributed by atoms with Crippen LogP contribution < -0.4 is 5.32 Å². The van der Waals surface area contributed by atoms with Crippen molar-refractivity contribution in [3.8, 4) is 0 Å². The molecular weight excluding hydrogens is 234 g/mol. The first-order valence-electron chi connectivity index (χ1n) is 5.80. The lowest BCUT2D eigenvalue weighted by Crippen LogP contribution is -2.10. The summed E-state index contributed by atoms with van der Waals surface area (Å²) in [4.78, 5) is 18.5. The number of hydrogen-bond donors (Lipinski definition) is 2. The molecular formula is C12H15N3O3. The standard InChI is InChI=1S/C12H15N3O3/c16-11(17)10-7-14-12(15-8-10)13-4-1-9-2-5-18-6-3-9/h2,7-8H,1,3-6H2,(H,16,17)(H,13,14,15). The van der Waals surface area contributed by atoms with Crippen molar-refractivity contribution in [1.29, 1.82) is 0 Å². The van der Waals surface area contributed by atoms with Crippen LogP contribution in [0.4, 0.5) is 5.95 Å². The molecule has 1 aliphatic heterocycles. The summed E-state index contributed by atoms with van der Waals surface area (Å²) < 4.78 is 5.22. The molecule has 96 valence electrons. The van der Waals surface area contributed by atoms with Crippen LogP contribution in [0.3, 0.4) is 0 Å². The van der Waals surface area contributed by atoms with Crippen molar-refractivity contribution in [3.63, 3.8) is 0 Å². The maximum atomic E-state index is 10.6. The summed E-state index contributed by atoms with van der Waals surface area (Å²) in [6.45, 7) is 2.22. The van der Waals surface area contributed by atoms with Gasteiger partial charge in [0.05, 0.1) is 18.8 Å². The van der Waals surface area contributed by atoms with Crippen LogP contribution in [0.5, 0.6) is 0 Å². The third-order valence-corrected chi connectivity index (χ3v) is 2.69. The summed E-state index contributed by atoms with van der Waals surface area (Å²) in [6.07, 6.45) is 6.59. The predicted octanol–water partition coefficient (Wildman–Crippen LogP) is 1.32. The number of nitrogens with zero attached hydrogens (tertiary/aromatic N) is 2. The van der Waals surface area contributed by atoms with Crippen molar-refractivity contribution < 1.29 is 14.6 Å². The highest BCUT2D eigenvalue weighted by Gasteiger charge is 2.05. The number of rotatable bonds is 5. The fourth-order valence-electron chi connectivity index (χ4n) is 1.66. The van der Waals surface area contributed by atoms with Crippen LogP contribution in [0.25, 0.3) is 0 Å². The van der Waals surface area contributed by atoms with E-state index in [1.165, 1.54) is 18.0 Å². The molecule has 0 aliphatic carbocycles. The zero-order chi connectivity index (χ0) is 12.8. The van der Waals surface area contributed by atoms with Gasteiger partial charge in [-0.15, -0.1) is 0 Å². The summed E-state index contributed by atoms with van der Waals surface area (Å²) >= 11 is 0. The van der Waals surface area contributed by atoms with Gasteiger partial charge in [0.15, 0.2) is 0 Å². The van der Waals surface area contributed by atoms with Crippen LogP contribution in [0.2, 0.25) is 0 Å². The topological polar surface area (TPSA) is 84.3 Å². The van der Waals surface area contributed by atoms with Crippen molar-refractivity contribution in [2.24, 2.45) is 0 Å². The molecule has 6 heteroatoms. The van der Waals surface area contributed by atoms with E-state index in [2.05, 4.69) is 21.4 Å². The predicted molar refractivity (Wildman–Crippen MR) is 65.6 cm³/mol. The summed E-state index contributed by atoms with van der Waals surface area (Å²) in [7, 11) is 0. The maximum absolute atomic E-state index is 10.6. The van der Waals surface area contributed by atoms with Gasteiger partial charge in [-0.2, -0.15) is 0 Å². The molecule has 1 aliphatic rings. The molecule has 2 heterocycles. The van der Waals surface area contributed by atoms with Crippen molar-refractivity contribution in [2.75, 3.05) is 25.1 Å². The molecule has 0 bridgehead atoms. The number of carboxylic acids is 1. The molecule has 0 unspecified atom stereocenters. The lowest BCUT2D eigenvalue weighted by atomic mass is 10.1. The first-order chi connectivity index (χ1) is 8.75. The average molecular weight is 249 g/mol. The monoisotopic (exact) mass is 249 g/mol. The molecule has 1 aromatic rings. The Morgan fingerprint density at radius 1 is 1.44 bits per heavy atom. The number of aromatic nitrogens is 2. The largest absolute Gasteiger partial charge is 0.478 e. The van der Waals surface area contributed by atoms with E-state index >= 15 is 0 Å². The lowest BCUT2D eigenvalue weighted by Gasteiger charge is -2.13. The average Bonchev–Trinajstić information content (AvgIpc) is 2.40. The van der Waals surface area contributed by atoms with Gasteiger partial charge in [-0.25, -0.2) is 14.8 Å². The Morgan fingerprint density at radius 2 is 2.22 bits per heavy atom. The maximum Gasteiger partial charge on any atom is 0.338 e. The first-order valence-corrected chi connectivity index (χ1v) is 5.80. The van der Waals surface area contributed by atoms with Crippen LogP contribution in [-0.4, -0.2) is 40.8 Å². The number of aromatic carboxylic acids is 1. The van der Waals surface area contributed by atoms with Gasteiger partial charge in [0.2, 0.25) is 5.95 Å². The van der Waals surface area contributed by atoms with Crippen LogP contribution in [0.1, 0.15) is 23.2 Å². The van der Waals surface area contributed by atoms with E-state index in [4.69, 9.17) is 9.84 Å². The van der Waals surface area contributed by atoms with Gasteiger partial charge in [-0.1, -0.05) is 11.6 Å². The Labute approximate surface area is 105 Å². The van der Waals surface area contributed by atoms with Crippen molar-refractivity contribution >= 4 is 11.9 Å². The van der Waals surface area contributed by atoms with Gasteiger partial charge in [0.1, 0.15) is 0 Å². The quantitative estimate of drug-likeness (QED) is 0.766. The zero-order valence-electron chi connectivity index (χ0n) is 9.93. The van der Waals surface area contributed by atoms with E-state index < -0.39 is 5.97 Å². The van der Waals surface area contributed by atoms with E-state index in [-0.39, 0.29) is 5.56 Å². The molecule has 0 saturated carbocycles. The Morgan fingerprint density at radius 3 is 2.83 bits per heavy atom. The van der Waals surface area contributed by atoms with Gasteiger partial charge in [-0.3, -0.25) is 0 Å². The van der Waals surface area contributed by atoms with E-state index in [1.807, 2.05) is 0 Å². The Bertz CT molecular complexity index is 442. The number of anilines is 1. The number of nitrogens with one attached hydrogen (secondary N) is 1. The molecule has 1 aromatic heterocycles. The number of ether oxygens (including phenoxy) is 1. The highest BCUT2D eigenvalue weighted by molar-refractivity contribution is 5.86. The summed E-state index contributed by atoms with van der Waals surface area (Å²) in [5.41, 5.74) is 1.46. The molecule has 0 fully saturated rings. The van der Waals surface area contributed by atoms with Gasteiger partial charge in [0, 0.05) is 18.9 Å². The minimum atomic E-state index is -1.02. The summed E-state index contributed by atoms with van der Waals surface area (Å²) in [5, 5.41) is 11.8. The van der Waals surface area contributed by atoms with Crippen LogP contribution in [0.15, 0.2) is 24.0 Å². The van der Waals surface area contributed by atoms with E-state index in [0.717, 1.165) is 26.0 Å². The Balaban J connectivity index is 1.79. The van der Waals surface area contributed by atoms with E-state index in [0.29, 0.717) is 12.6 Å². The smallest absolute Gasteiger partial charge is 0.338 e. The van der Waals surface area contributed by atoms with Gasteiger partial charge >= 0.3 is 5.97 Å². The fraction of sp³-hybridized carbons (Fsp3) is 0.417. The van der Waals surface area contributed by atoms with E-state index in [9.17, 15) is 4.79 Å². The number of carboxylic acid groups (broad SMARTS) is 1. The third-order valence-electron chi connectivity index (χ3n) is 2.69. The second kappa shape index (κ2) is 6.11. The lowest BCUT2D eigenvalue weighted by molar-refractivity contribution is 0.0696. The Kier molecular flexibility index (Phi) is 4.25. The Hall–Kier alpha value is -1.95. The molecule has 0 spiro atoms. The van der Waals surface area contributed by atoms with Gasteiger partial charge < -0.3 is 15.2 Å². The van der Waals surface area contributed by atoms with Crippen LogP contribution in [0, 0.1) is 0 Å². The molecule has 18 heavy (non-hydrogen) atoms. The van der Waals surface area contributed by atoms with Gasteiger partial charge in [-0.05, 0) is 12.8 Å². The third kappa shape index (κ3) is 3.53. The van der Waals surface area contributed by atoms with Gasteiger partial charge in [0.25, 0.3) is 0 Å². The van der Waals surface area contributed by atoms with Crippen molar-refractivity contribution in [1.82, 2.24) is 9.97 Å². The molecule has 0 amide bonds. The molecule has 0 aromatic carbocycles. The SMILES string of the molecule is O=C(O)c1cnc(NCCC2=CCOCC2)nc1. The normalized spacial score (nSPS) is 15.0. The highest BCUT2D eigenvalue weighted by Crippen LogP contribution is 2.11. The molecule has 0 radical (unpaired) electrons. The van der Waals surface area contributed by atoms with Crippen molar-refractivity contribution in [3.05, 3.63) is 29.6 Å². The first kappa shape index (κ1) is 12.5.